The maximum Gasteiger partial charge on any atom is 0.343 e. The lowest BCUT2D eigenvalue weighted by Crippen LogP contribution is -2.55. The number of fused-ring (bicyclic) bond motifs is 3. The minimum absolute atomic E-state index is 0.0582. The highest BCUT2D eigenvalue weighted by Gasteiger charge is 2.57. The van der Waals surface area contributed by atoms with Gasteiger partial charge in [-0.1, -0.05) is 36.4 Å². The number of aliphatic hydroxyl groups is 1. The molecule has 6 nitrogen and oxygen atoms in total. The number of likely N-dealkylation sites (tertiary alicyclic amines) is 1. The smallest absolute Gasteiger partial charge is 0.343 e. The molecule has 3 unspecified atom stereocenters. The standard InChI is InChI=1S/C29H35NO5/c31-28(35-24-8-4-5-9-24)29(32,23-6-2-1-3-7-23)27-21-11-12-22(27)18-30(17-21)15-14-20-10-13-25-26(16-20)34-19-33-25/h1-3,6-7,10,13,16,21-22,24,27,32H,4-5,8-9,11-12,14-15,17-19H2. The molecular formula is C29H35NO5. The van der Waals surface area contributed by atoms with Crippen molar-refractivity contribution < 1.29 is 24.1 Å². The number of carbonyl (C=O) groups is 1. The minimum Gasteiger partial charge on any atom is -0.460 e. The maximum atomic E-state index is 13.6. The molecule has 0 radical (unpaired) electrons. The predicted molar refractivity (Wildman–Crippen MR) is 131 cm³/mol. The van der Waals surface area contributed by atoms with Crippen molar-refractivity contribution in [1.29, 1.82) is 0 Å². The van der Waals surface area contributed by atoms with E-state index in [1.54, 1.807) is 0 Å². The van der Waals surface area contributed by atoms with Crippen LogP contribution >= 0.6 is 0 Å². The van der Waals surface area contributed by atoms with Crippen molar-refractivity contribution in [2.24, 2.45) is 17.8 Å². The van der Waals surface area contributed by atoms with E-state index in [1.807, 2.05) is 36.4 Å². The van der Waals surface area contributed by atoms with Crippen LogP contribution in [-0.2, 0) is 21.6 Å². The fourth-order valence-electron chi connectivity index (χ4n) is 6.95. The summed E-state index contributed by atoms with van der Waals surface area (Å²) in [5, 5.41) is 12.2. The Balaban J connectivity index is 1.18. The molecule has 6 heteroatoms. The first kappa shape index (κ1) is 22.9. The third-order valence-electron chi connectivity index (χ3n) is 8.65. The third-order valence-corrected chi connectivity index (χ3v) is 8.65. The third kappa shape index (κ3) is 4.31. The quantitative estimate of drug-likeness (QED) is 0.600. The summed E-state index contributed by atoms with van der Waals surface area (Å²) in [7, 11) is 0. The van der Waals surface area contributed by atoms with E-state index in [-0.39, 0.29) is 23.9 Å². The molecule has 186 valence electrons. The summed E-state index contributed by atoms with van der Waals surface area (Å²) >= 11 is 0. The maximum absolute atomic E-state index is 13.6. The zero-order valence-electron chi connectivity index (χ0n) is 20.2. The number of rotatable bonds is 7. The predicted octanol–water partition coefficient (Wildman–Crippen LogP) is 4.29. The van der Waals surface area contributed by atoms with E-state index >= 15 is 0 Å². The lowest BCUT2D eigenvalue weighted by molar-refractivity contribution is -0.186. The van der Waals surface area contributed by atoms with Crippen LogP contribution in [-0.4, -0.2) is 48.5 Å². The molecule has 2 saturated carbocycles. The summed E-state index contributed by atoms with van der Waals surface area (Å²) in [5.74, 6) is 1.64. The first-order valence-corrected chi connectivity index (χ1v) is 13.2. The molecule has 1 N–H and O–H groups in total. The lowest BCUT2D eigenvalue weighted by Gasteiger charge is -2.45. The number of piperidine rings is 1. The van der Waals surface area contributed by atoms with Crippen LogP contribution in [0.2, 0.25) is 0 Å². The number of hydrogen-bond donors (Lipinski definition) is 1. The average Bonchev–Trinajstić information content (AvgIpc) is 3.62. The Morgan fingerprint density at radius 3 is 2.43 bits per heavy atom. The van der Waals surface area contributed by atoms with Gasteiger partial charge in [0.25, 0.3) is 0 Å². The summed E-state index contributed by atoms with van der Waals surface area (Å²) in [4.78, 5) is 16.1. The Kier molecular flexibility index (Phi) is 6.19. The Labute approximate surface area is 207 Å². The monoisotopic (exact) mass is 477 g/mol. The molecule has 2 bridgehead atoms. The summed E-state index contributed by atoms with van der Waals surface area (Å²) in [6, 6.07) is 15.7. The highest BCUT2D eigenvalue weighted by atomic mass is 16.7. The summed E-state index contributed by atoms with van der Waals surface area (Å²) < 4.78 is 16.9. The molecule has 0 aromatic heterocycles. The molecule has 6 rings (SSSR count). The Morgan fingerprint density at radius 1 is 0.971 bits per heavy atom. The van der Waals surface area contributed by atoms with Crippen LogP contribution in [0.15, 0.2) is 48.5 Å². The van der Waals surface area contributed by atoms with Crippen molar-refractivity contribution in [3.63, 3.8) is 0 Å². The van der Waals surface area contributed by atoms with Crippen molar-refractivity contribution in [1.82, 2.24) is 4.90 Å². The number of hydrogen-bond acceptors (Lipinski definition) is 6. The van der Waals surface area contributed by atoms with Crippen LogP contribution in [0.5, 0.6) is 11.5 Å². The Morgan fingerprint density at radius 2 is 1.69 bits per heavy atom. The second-order valence-electron chi connectivity index (χ2n) is 10.8. The normalized spacial score (nSPS) is 27.6. The van der Waals surface area contributed by atoms with Crippen molar-refractivity contribution >= 4 is 5.97 Å². The summed E-state index contributed by atoms with van der Waals surface area (Å²) in [6.07, 6.45) is 6.96. The van der Waals surface area contributed by atoms with Gasteiger partial charge in [0, 0.05) is 25.6 Å². The van der Waals surface area contributed by atoms with Crippen LogP contribution in [0.4, 0.5) is 0 Å². The van der Waals surface area contributed by atoms with Gasteiger partial charge >= 0.3 is 5.97 Å². The van der Waals surface area contributed by atoms with E-state index in [9.17, 15) is 9.90 Å². The van der Waals surface area contributed by atoms with Gasteiger partial charge < -0.3 is 24.2 Å². The van der Waals surface area contributed by atoms with Crippen molar-refractivity contribution in [3.05, 3.63) is 59.7 Å². The van der Waals surface area contributed by atoms with Gasteiger partial charge in [0.05, 0.1) is 0 Å². The van der Waals surface area contributed by atoms with Crippen LogP contribution in [0.1, 0.15) is 49.7 Å². The zero-order chi connectivity index (χ0) is 23.8. The molecule has 3 atom stereocenters. The van der Waals surface area contributed by atoms with Gasteiger partial charge in [0.1, 0.15) is 6.10 Å². The van der Waals surface area contributed by atoms with Crippen molar-refractivity contribution in [3.8, 4) is 11.5 Å². The Bertz CT molecular complexity index is 1040. The highest BCUT2D eigenvalue weighted by Crippen LogP contribution is 2.51. The second kappa shape index (κ2) is 9.47. The molecule has 35 heavy (non-hydrogen) atoms. The second-order valence-corrected chi connectivity index (χ2v) is 10.8. The molecule has 4 aliphatic rings. The molecule has 0 spiro atoms. The van der Waals surface area contributed by atoms with Gasteiger partial charge in [-0.05, 0) is 80.0 Å². The van der Waals surface area contributed by atoms with E-state index in [0.717, 1.165) is 76.1 Å². The van der Waals surface area contributed by atoms with E-state index < -0.39 is 11.6 Å². The molecule has 1 saturated heterocycles. The first-order valence-electron chi connectivity index (χ1n) is 13.2. The summed E-state index contributed by atoms with van der Waals surface area (Å²) in [6.45, 7) is 3.05. The summed E-state index contributed by atoms with van der Waals surface area (Å²) in [5.41, 5.74) is 0.336. The van der Waals surface area contributed by atoms with E-state index in [1.165, 1.54) is 5.56 Å². The number of ether oxygens (including phenoxy) is 3. The van der Waals surface area contributed by atoms with Crippen LogP contribution in [0, 0.1) is 17.8 Å². The average molecular weight is 478 g/mol. The van der Waals surface area contributed by atoms with Crippen LogP contribution in [0.3, 0.4) is 0 Å². The lowest BCUT2D eigenvalue weighted by atomic mass is 9.69. The van der Waals surface area contributed by atoms with Gasteiger partial charge in [-0.25, -0.2) is 4.79 Å². The number of benzene rings is 2. The van der Waals surface area contributed by atoms with Gasteiger partial charge in [-0.15, -0.1) is 0 Å². The zero-order valence-corrected chi connectivity index (χ0v) is 20.2. The Hall–Kier alpha value is -2.57. The van der Waals surface area contributed by atoms with Gasteiger partial charge in [-0.2, -0.15) is 0 Å². The van der Waals surface area contributed by atoms with Crippen molar-refractivity contribution in [2.75, 3.05) is 26.4 Å². The fraction of sp³-hybridized carbons (Fsp3) is 0.552. The van der Waals surface area contributed by atoms with Crippen LogP contribution in [0.25, 0.3) is 0 Å². The minimum atomic E-state index is -1.58. The number of esters is 1. The van der Waals surface area contributed by atoms with E-state index in [4.69, 9.17) is 14.2 Å². The number of carbonyl (C=O) groups excluding carboxylic acids is 1. The molecule has 2 heterocycles. The first-order chi connectivity index (χ1) is 17.1. The molecule has 0 amide bonds. The number of nitrogens with zero attached hydrogens (tertiary/aromatic N) is 1. The van der Waals surface area contributed by atoms with E-state index in [0.29, 0.717) is 12.4 Å². The fourth-order valence-corrected chi connectivity index (χ4v) is 6.95. The molecule has 2 aromatic rings. The molecule has 2 aliphatic heterocycles. The van der Waals surface area contributed by atoms with E-state index in [2.05, 4.69) is 17.0 Å². The largest absolute Gasteiger partial charge is 0.460 e. The van der Waals surface area contributed by atoms with Gasteiger partial charge in [0.2, 0.25) is 6.79 Å². The van der Waals surface area contributed by atoms with Gasteiger partial charge in [0.15, 0.2) is 17.1 Å². The van der Waals surface area contributed by atoms with Gasteiger partial charge in [-0.3, -0.25) is 0 Å². The van der Waals surface area contributed by atoms with Crippen molar-refractivity contribution in [2.45, 2.75) is 56.7 Å². The SMILES string of the molecule is O=C(OC1CCCC1)C(O)(c1ccccc1)C1C2CCC1CN(CCc1ccc3c(c1)OCO3)C2. The molecular weight excluding hydrogens is 442 g/mol. The topological polar surface area (TPSA) is 68.2 Å². The van der Waals surface area contributed by atoms with Crippen LogP contribution < -0.4 is 9.47 Å². The molecule has 2 aromatic carbocycles. The molecule has 2 aliphatic carbocycles. The molecule has 3 fully saturated rings. The highest BCUT2D eigenvalue weighted by molar-refractivity contribution is 5.82.